The molecule has 0 aliphatic carbocycles. The number of fused-ring (bicyclic) bond motifs is 1. The molecule has 3 aromatic rings. The number of amides is 1. The van der Waals surface area contributed by atoms with Crippen molar-refractivity contribution in [1.29, 1.82) is 0 Å². The lowest BCUT2D eigenvalue weighted by atomic mass is 10.0. The Hall–Kier alpha value is -3.34. The van der Waals surface area contributed by atoms with Crippen LogP contribution in [0.1, 0.15) is 16.7 Å². The van der Waals surface area contributed by atoms with Gasteiger partial charge in [0.1, 0.15) is 5.75 Å². The third-order valence-corrected chi connectivity index (χ3v) is 4.24. The maximum Gasteiger partial charge on any atom is 0.259 e. The topological polar surface area (TPSA) is 73.7 Å². The van der Waals surface area contributed by atoms with E-state index in [4.69, 9.17) is 0 Å². The van der Waals surface area contributed by atoms with Crippen molar-refractivity contribution in [2.75, 3.05) is 11.9 Å². The molecule has 1 amide bonds. The van der Waals surface area contributed by atoms with Gasteiger partial charge < -0.3 is 10.4 Å². The Morgan fingerprint density at radius 2 is 1.77 bits per heavy atom. The Bertz CT molecular complexity index is 960. The first-order valence-electron chi connectivity index (χ1n) is 8.39. The molecule has 0 heterocycles. The first kappa shape index (κ1) is 17.5. The Morgan fingerprint density at radius 3 is 2.54 bits per heavy atom. The summed E-state index contributed by atoms with van der Waals surface area (Å²) in [6, 6.07) is 17.1. The van der Waals surface area contributed by atoms with Crippen LogP contribution in [0.25, 0.3) is 10.8 Å². The Labute approximate surface area is 152 Å². The van der Waals surface area contributed by atoms with E-state index in [-0.39, 0.29) is 18.2 Å². The quantitative estimate of drug-likeness (QED) is 0.486. The number of benzene rings is 3. The molecule has 0 saturated carbocycles. The van der Waals surface area contributed by atoms with Gasteiger partial charge in [-0.3, -0.25) is 4.79 Å². The molecule has 0 aromatic heterocycles. The van der Waals surface area contributed by atoms with Crippen LogP contribution in [0.4, 0.5) is 5.69 Å². The smallest absolute Gasteiger partial charge is 0.259 e. The van der Waals surface area contributed by atoms with E-state index in [0.29, 0.717) is 5.56 Å². The zero-order chi connectivity index (χ0) is 18.5. The second-order valence-corrected chi connectivity index (χ2v) is 6.13. The molecule has 5 heteroatoms. The van der Waals surface area contributed by atoms with Crippen LogP contribution in [0.2, 0.25) is 0 Å². The summed E-state index contributed by atoms with van der Waals surface area (Å²) in [5.74, 6) is -0.140. The van der Waals surface area contributed by atoms with Crippen LogP contribution in [-0.4, -0.2) is 23.8 Å². The molecule has 0 fully saturated rings. The minimum Gasteiger partial charge on any atom is -0.507 e. The van der Waals surface area contributed by atoms with Gasteiger partial charge in [-0.15, -0.1) is 0 Å². The van der Waals surface area contributed by atoms with Crippen LogP contribution >= 0.6 is 0 Å². The predicted molar refractivity (Wildman–Crippen MR) is 106 cm³/mol. The van der Waals surface area contributed by atoms with Crippen LogP contribution in [0.3, 0.4) is 0 Å². The Kier molecular flexibility index (Phi) is 5.17. The summed E-state index contributed by atoms with van der Waals surface area (Å²) in [5, 5.41) is 19.1. The molecule has 0 atom stereocenters. The number of hydrogen-bond donors (Lipinski definition) is 3. The molecule has 3 aromatic carbocycles. The number of phenols is 1. The molecule has 3 N–H and O–H groups in total. The van der Waals surface area contributed by atoms with Crippen molar-refractivity contribution in [3.05, 3.63) is 71.3 Å². The fourth-order valence-corrected chi connectivity index (χ4v) is 2.89. The molecule has 0 spiro atoms. The number of nitrogens with one attached hydrogen (secondary N) is 2. The van der Waals surface area contributed by atoms with Gasteiger partial charge in [0.2, 0.25) is 0 Å². The lowest BCUT2D eigenvalue weighted by molar-refractivity contribution is -0.119. The van der Waals surface area contributed by atoms with E-state index in [0.717, 1.165) is 27.6 Å². The van der Waals surface area contributed by atoms with E-state index in [1.807, 2.05) is 62.4 Å². The average molecular weight is 347 g/mol. The summed E-state index contributed by atoms with van der Waals surface area (Å²) < 4.78 is 0. The van der Waals surface area contributed by atoms with Crippen molar-refractivity contribution in [2.24, 2.45) is 5.10 Å². The van der Waals surface area contributed by atoms with Crippen molar-refractivity contribution >= 4 is 28.6 Å². The molecule has 0 bridgehead atoms. The minimum absolute atomic E-state index is 0.116. The number of carbonyl (C=O) groups is 1. The highest BCUT2D eigenvalue weighted by atomic mass is 16.3. The van der Waals surface area contributed by atoms with Gasteiger partial charge in [-0.25, -0.2) is 5.43 Å². The largest absolute Gasteiger partial charge is 0.507 e. The van der Waals surface area contributed by atoms with Crippen molar-refractivity contribution < 1.29 is 9.90 Å². The summed E-state index contributed by atoms with van der Waals surface area (Å²) in [5.41, 5.74) is 6.19. The molecule has 3 rings (SSSR count). The van der Waals surface area contributed by atoms with Gasteiger partial charge in [-0.1, -0.05) is 48.5 Å². The highest BCUT2D eigenvalue weighted by Gasteiger charge is 2.06. The summed E-state index contributed by atoms with van der Waals surface area (Å²) in [6.07, 6.45) is 1.47. The summed E-state index contributed by atoms with van der Waals surface area (Å²) in [4.78, 5) is 12.0. The third kappa shape index (κ3) is 3.83. The number of anilines is 1. The molecule has 5 nitrogen and oxygen atoms in total. The van der Waals surface area contributed by atoms with Crippen LogP contribution in [0.15, 0.2) is 59.7 Å². The monoisotopic (exact) mass is 347 g/mol. The van der Waals surface area contributed by atoms with Gasteiger partial charge in [0.05, 0.1) is 12.8 Å². The zero-order valence-electron chi connectivity index (χ0n) is 14.8. The Morgan fingerprint density at radius 1 is 1.04 bits per heavy atom. The summed E-state index contributed by atoms with van der Waals surface area (Å²) in [6.45, 7) is 4.11. The number of para-hydroxylation sites is 1. The van der Waals surface area contributed by atoms with Crippen molar-refractivity contribution in [1.82, 2.24) is 5.43 Å². The predicted octanol–water partition coefficient (Wildman–Crippen LogP) is 3.72. The number of rotatable bonds is 5. The lowest BCUT2D eigenvalue weighted by Gasteiger charge is -2.11. The van der Waals surface area contributed by atoms with Gasteiger partial charge in [0.25, 0.3) is 5.91 Å². The van der Waals surface area contributed by atoms with Crippen molar-refractivity contribution in [3.8, 4) is 5.75 Å². The molecule has 0 aliphatic rings. The van der Waals surface area contributed by atoms with Crippen LogP contribution in [0, 0.1) is 13.8 Å². The molecular formula is C21H21N3O2. The fourth-order valence-electron chi connectivity index (χ4n) is 2.89. The second kappa shape index (κ2) is 7.70. The first-order chi connectivity index (χ1) is 12.6. The van der Waals surface area contributed by atoms with Crippen LogP contribution in [-0.2, 0) is 4.79 Å². The molecule has 0 aliphatic heterocycles. The molecule has 0 saturated heterocycles. The lowest BCUT2D eigenvalue weighted by Crippen LogP contribution is -2.26. The number of aryl methyl sites for hydroxylation is 2. The maximum absolute atomic E-state index is 12.0. The molecule has 26 heavy (non-hydrogen) atoms. The van der Waals surface area contributed by atoms with Gasteiger partial charge in [-0.2, -0.15) is 5.10 Å². The van der Waals surface area contributed by atoms with E-state index < -0.39 is 0 Å². The molecule has 0 radical (unpaired) electrons. The highest BCUT2D eigenvalue weighted by molar-refractivity contribution is 6.02. The number of carbonyl (C=O) groups excluding carboxylic acids is 1. The SMILES string of the molecule is Cc1cccc(C)c1NCC(=O)N/N=C\c1c(O)ccc2ccccc12. The Balaban J connectivity index is 1.66. The van der Waals surface area contributed by atoms with Gasteiger partial charge in [-0.05, 0) is 41.8 Å². The molecule has 0 unspecified atom stereocenters. The van der Waals surface area contributed by atoms with Gasteiger partial charge in [0, 0.05) is 11.3 Å². The highest BCUT2D eigenvalue weighted by Crippen LogP contribution is 2.25. The average Bonchev–Trinajstić information content (AvgIpc) is 2.63. The number of hydrazone groups is 1. The molecule has 132 valence electrons. The standard InChI is InChI=1S/C21H21N3O2/c1-14-6-5-7-15(2)21(14)22-13-20(26)24-23-12-18-17-9-4-3-8-16(17)10-11-19(18)25/h3-12,22,25H,13H2,1-2H3,(H,24,26)/b23-12-. The molecular weight excluding hydrogens is 326 g/mol. The number of aromatic hydroxyl groups is 1. The van der Waals surface area contributed by atoms with Gasteiger partial charge >= 0.3 is 0 Å². The second-order valence-electron chi connectivity index (χ2n) is 6.13. The maximum atomic E-state index is 12.0. The van der Waals surface area contributed by atoms with Crippen molar-refractivity contribution in [2.45, 2.75) is 13.8 Å². The van der Waals surface area contributed by atoms with E-state index in [2.05, 4.69) is 15.8 Å². The van der Waals surface area contributed by atoms with E-state index >= 15 is 0 Å². The van der Waals surface area contributed by atoms with Crippen LogP contribution in [0.5, 0.6) is 5.75 Å². The van der Waals surface area contributed by atoms with Crippen molar-refractivity contribution in [3.63, 3.8) is 0 Å². The number of nitrogens with zero attached hydrogens (tertiary/aromatic N) is 1. The van der Waals surface area contributed by atoms with E-state index in [9.17, 15) is 9.90 Å². The fraction of sp³-hybridized carbons (Fsp3) is 0.143. The van der Waals surface area contributed by atoms with E-state index in [1.54, 1.807) is 6.07 Å². The minimum atomic E-state index is -0.261. The number of phenolic OH excluding ortho intramolecular Hbond substituents is 1. The van der Waals surface area contributed by atoms with Crippen LogP contribution < -0.4 is 10.7 Å². The normalized spacial score (nSPS) is 11.0. The van der Waals surface area contributed by atoms with E-state index in [1.165, 1.54) is 6.21 Å². The zero-order valence-corrected chi connectivity index (χ0v) is 14.8. The summed E-state index contributed by atoms with van der Waals surface area (Å²) in [7, 11) is 0. The van der Waals surface area contributed by atoms with Gasteiger partial charge in [0.15, 0.2) is 0 Å². The number of hydrogen-bond acceptors (Lipinski definition) is 4. The third-order valence-electron chi connectivity index (χ3n) is 4.24. The first-order valence-corrected chi connectivity index (χ1v) is 8.39. The summed E-state index contributed by atoms with van der Waals surface area (Å²) >= 11 is 0.